The Kier molecular flexibility index (Phi) is 1.65. The van der Waals surface area contributed by atoms with Gasteiger partial charge in [0.1, 0.15) is 0 Å². The molecule has 5 heavy (non-hydrogen) atoms. The fourth-order valence-electron chi connectivity index (χ4n) is 0. The molecular weight excluding hydrogens is 64.0 g/mol. The lowest BCUT2D eigenvalue weighted by Gasteiger charge is -1.96. The van der Waals surface area contributed by atoms with Gasteiger partial charge in [0.05, 0.1) is 0 Å². The molecule has 0 aliphatic rings. The van der Waals surface area contributed by atoms with E-state index in [4.69, 9.17) is 0 Å². The molecule has 0 fully saturated rings. The lowest BCUT2D eigenvalue weighted by molar-refractivity contribution is -0.301. The van der Waals surface area contributed by atoms with E-state index in [2.05, 4.69) is 0 Å². The molecule has 0 aromatic rings. The van der Waals surface area contributed by atoms with Crippen molar-refractivity contribution in [1.82, 2.24) is 0 Å². The second-order valence-corrected chi connectivity index (χ2v) is 0.899. The van der Waals surface area contributed by atoms with Crippen LogP contribution in [0.4, 0.5) is 0 Å². The first kappa shape index (κ1) is 4.54. The van der Waals surface area contributed by atoms with E-state index in [9.17, 15) is 5.11 Å². The van der Waals surface area contributed by atoms with Crippen LogP contribution in [0.25, 0.3) is 0 Å². The van der Waals surface area contributed by atoms with Crippen molar-refractivity contribution in [3.05, 3.63) is 11.8 Å². The Morgan fingerprint density at radius 1 is 1.80 bits per heavy atom. The SMILES string of the molecule is C/C=C(\C)[O-]. The molecular formula is C4H7O-. The zero-order valence-corrected chi connectivity index (χ0v) is 3.49. The maximum absolute atomic E-state index is 9.76. The van der Waals surface area contributed by atoms with Crippen molar-refractivity contribution in [2.24, 2.45) is 0 Å². The lowest BCUT2D eigenvalue weighted by Crippen LogP contribution is -1.95. The topological polar surface area (TPSA) is 23.1 Å². The molecule has 0 saturated heterocycles. The van der Waals surface area contributed by atoms with Gasteiger partial charge < -0.3 is 5.11 Å². The number of hydrogen-bond acceptors (Lipinski definition) is 1. The molecule has 30 valence electrons. The highest BCUT2D eigenvalue weighted by molar-refractivity contribution is 4.77. The Morgan fingerprint density at radius 2 is 2.00 bits per heavy atom. The summed E-state index contributed by atoms with van der Waals surface area (Å²) in [5, 5.41) is 9.76. The molecule has 1 nitrogen and oxygen atoms in total. The van der Waals surface area contributed by atoms with Crippen molar-refractivity contribution in [1.29, 1.82) is 0 Å². The molecule has 0 aliphatic heterocycles. The summed E-state index contributed by atoms with van der Waals surface area (Å²) in [6.45, 7) is 3.25. The molecule has 0 aromatic carbocycles. The van der Waals surface area contributed by atoms with E-state index in [1.54, 1.807) is 6.92 Å². The number of hydrogen-bond donors (Lipinski definition) is 0. The van der Waals surface area contributed by atoms with Crippen molar-refractivity contribution in [2.45, 2.75) is 13.8 Å². The minimum atomic E-state index is 0.130. The predicted octanol–water partition coefficient (Wildman–Crippen LogP) is 0.270. The Labute approximate surface area is 31.9 Å². The summed E-state index contributed by atoms with van der Waals surface area (Å²) in [5.74, 6) is 0.130. The third-order valence-corrected chi connectivity index (χ3v) is 0.407. The minimum Gasteiger partial charge on any atom is -0.876 e. The van der Waals surface area contributed by atoms with Gasteiger partial charge in [-0.15, -0.1) is 5.76 Å². The summed E-state index contributed by atoms with van der Waals surface area (Å²) >= 11 is 0. The average molecular weight is 71.1 g/mol. The molecule has 0 radical (unpaired) electrons. The van der Waals surface area contributed by atoms with Crippen LogP contribution in [0.3, 0.4) is 0 Å². The fourth-order valence-corrected chi connectivity index (χ4v) is 0. The van der Waals surface area contributed by atoms with E-state index in [-0.39, 0.29) is 5.76 Å². The Morgan fingerprint density at radius 3 is 2.00 bits per heavy atom. The van der Waals surface area contributed by atoms with Gasteiger partial charge in [0.25, 0.3) is 0 Å². The van der Waals surface area contributed by atoms with Crippen molar-refractivity contribution in [2.75, 3.05) is 0 Å². The van der Waals surface area contributed by atoms with Gasteiger partial charge in [0, 0.05) is 0 Å². The Balaban J connectivity index is 3.14. The van der Waals surface area contributed by atoms with Gasteiger partial charge in [-0.1, -0.05) is 13.0 Å². The summed E-state index contributed by atoms with van der Waals surface area (Å²) < 4.78 is 0. The highest BCUT2D eigenvalue weighted by Crippen LogP contribution is 1.70. The normalized spacial score (nSPS) is 12.0. The zero-order valence-electron chi connectivity index (χ0n) is 3.49. The third kappa shape index (κ3) is 3.54. The summed E-state index contributed by atoms with van der Waals surface area (Å²) in [7, 11) is 0. The lowest BCUT2D eigenvalue weighted by atomic mass is 10.5. The molecule has 0 atom stereocenters. The highest BCUT2D eigenvalue weighted by Gasteiger charge is 1.48. The quantitative estimate of drug-likeness (QED) is 0.376. The van der Waals surface area contributed by atoms with E-state index >= 15 is 0 Å². The van der Waals surface area contributed by atoms with Crippen LogP contribution in [0.1, 0.15) is 13.8 Å². The van der Waals surface area contributed by atoms with Gasteiger partial charge in [-0.05, 0) is 6.92 Å². The standard InChI is InChI=1S/C4H8O/c1-3-4(2)5/h3,5H,1-2H3/p-1/b4-3+. The van der Waals surface area contributed by atoms with E-state index in [1.165, 1.54) is 13.0 Å². The first-order chi connectivity index (χ1) is 2.27. The molecule has 0 rings (SSSR count). The maximum Gasteiger partial charge on any atom is -0.0476 e. The molecule has 0 saturated carbocycles. The second kappa shape index (κ2) is 1.82. The average Bonchev–Trinajstić information content (AvgIpc) is 1.38. The van der Waals surface area contributed by atoms with Crippen LogP contribution in [0, 0.1) is 0 Å². The van der Waals surface area contributed by atoms with Gasteiger partial charge in [0.2, 0.25) is 0 Å². The highest BCUT2D eigenvalue weighted by atomic mass is 16.3. The first-order valence-electron chi connectivity index (χ1n) is 1.57. The summed E-state index contributed by atoms with van der Waals surface area (Å²) in [4.78, 5) is 0. The van der Waals surface area contributed by atoms with E-state index in [0.29, 0.717) is 0 Å². The summed E-state index contributed by atoms with van der Waals surface area (Å²) in [5.41, 5.74) is 0. The molecule has 0 N–H and O–H groups in total. The van der Waals surface area contributed by atoms with Crippen LogP contribution < -0.4 is 5.11 Å². The minimum absolute atomic E-state index is 0.130. The van der Waals surface area contributed by atoms with Crippen LogP contribution in [-0.2, 0) is 0 Å². The van der Waals surface area contributed by atoms with Crippen LogP contribution in [0.2, 0.25) is 0 Å². The number of rotatable bonds is 0. The van der Waals surface area contributed by atoms with Crippen molar-refractivity contribution in [3.63, 3.8) is 0 Å². The van der Waals surface area contributed by atoms with Crippen molar-refractivity contribution < 1.29 is 5.11 Å². The van der Waals surface area contributed by atoms with Crippen LogP contribution in [0.5, 0.6) is 0 Å². The predicted molar refractivity (Wildman–Crippen MR) is 19.4 cm³/mol. The van der Waals surface area contributed by atoms with Gasteiger partial charge in [-0.3, -0.25) is 0 Å². The fraction of sp³-hybridized carbons (Fsp3) is 0.500. The Bertz CT molecular complexity index is 41.6. The molecule has 0 bridgehead atoms. The van der Waals surface area contributed by atoms with E-state index in [0.717, 1.165) is 0 Å². The maximum atomic E-state index is 9.76. The van der Waals surface area contributed by atoms with E-state index in [1.807, 2.05) is 0 Å². The van der Waals surface area contributed by atoms with E-state index < -0.39 is 0 Å². The molecule has 1 heteroatoms. The van der Waals surface area contributed by atoms with Crippen LogP contribution >= 0.6 is 0 Å². The van der Waals surface area contributed by atoms with Crippen LogP contribution in [0.15, 0.2) is 11.8 Å². The smallest absolute Gasteiger partial charge is 0.0476 e. The van der Waals surface area contributed by atoms with Gasteiger partial charge in [0.15, 0.2) is 0 Å². The molecule has 0 spiro atoms. The summed E-state index contributed by atoms with van der Waals surface area (Å²) in [6, 6.07) is 0. The molecule has 0 aliphatic carbocycles. The summed E-state index contributed by atoms with van der Waals surface area (Å²) in [6.07, 6.45) is 1.53. The Hall–Kier alpha value is -0.460. The first-order valence-corrected chi connectivity index (χ1v) is 1.57. The largest absolute Gasteiger partial charge is 0.876 e. The monoisotopic (exact) mass is 71.1 g/mol. The molecule has 0 heterocycles. The van der Waals surface area contributed by atoms with Gasteiger partial charge in [-0.25, -0.2) is 0 Å². The van der Waals surface area contributed by atoms with Gasteiger partial charge >= 0.3 is 0 Å². The molecule has 0 amide bonds. The molecule has 0 aromatic heterocycles. The zero-order chi connectivity index (χ0) is 4.28. The second-order valence-electron chi connectivity index (χ2n) is 0.899. The van der Waals surface area contributed by atoms with Crippen molar-refractivity contribution in [3.8, 4) is 0 Å². The van der Waals surface area contributed by atoms with Gasteiger partial charge in [-0.2, -0.15) is 0 Å². The molecule has 0 unspecified atom stereocenters. The number of allylic oxidation sites excluding steroid dienone is 2. The van der Waals surface area contributed by atoms with Crippen LogP contribution in [-0.4, -0.2) is 0 Å². The van der Waals surface area contributed by atoms with Crippen molar-refractivity contribution >= 4 is 0 Å². The third-order valence-electron chi connectivity index (χ3n) is 0.407.